The van der Waals surface area contributed by atoms with E-state index < -0.39 is 5.60 Å². The smallest absolute Gasteiger partial charge is 0.123 e. The van der Waals surface area contributed by atoms with Crippen LogP contribution in [0.2, 0.25) is 0 Å². The number of halogens is 1. The van der Waals surface area contributed by atoms with Crippen LogP contribution in [0, 0.1) is 19.7 Å². The fourth-order valence-electron chi connectivity index (χ4n) is 1.45. The molecule has 0 aliphatic carbocycles. The molecule has 0 aliphatic rings. The number of rotatable bonds is 1. The molecule has 0 aliphatic heterocycles. The maximum Gasteiger partial charge on any atom is 0.123 e. The van der Waals surface area contributed by atoms with Crippen LogP contribution in [0.3, 0.4) is 0 Å². The van der Waals surface area contributed by atoms with Gasteiger partial charge in [0.1, 0.15) is 5.82 Å². The molecule has 1 nitrogen and oxygen atoms in total. The molecule has 0 heterocycles. The van der Waals surface area contributed by atoms with Crippen LogP contribution >= 0.6 is 0 Å². The van der Waals surface area contributed by atoms with E-state index in [1.807, 2.05) is 13.8 Å². The Labute approximate surface area is 78.2 Å². The Morgan fingerprint density at radius 1 is 1.23 bits per heavy atom. The van der Waals surface area contributed by atoms with Crippen molar-refractivity contribution in [1.82, 2.24) is 0 Å². The number of hydrogen-bond acceptors (Lipinski definition) is 1. The quantitative estimate of drug-likeness (QED) is 0.708. The maximum atomic E-state index is 13.0. The largest absolute Gasteiger partial charge is 0.386 e. The summed E-state index contributed by atoms with van der Waals surface area (Å²) in [5.74, 6) is -0.291. The van der Waals surface area contributed by atoms with Gasteiger partial charge in [-0.15, -0.1) is 0 Å². The second-order valence-corrected chi connectivity index (χ2v) is 3.95. The zero-order chi connectivity index (χ0) is 10.2. The van der Waals surface area contributed by atoms with E-state index in [1.165, 1.54) is 12.1 Å². The van der Waals surface area contributed by atoms with Crippen molar-refractivity contribution in [3.8, 4) is 0 Å². The maximum absolute atomic E-state index is 13.0. The van der Waals surface area contributed by atoms with Crippen molar-refractivity contribution in [1.29, 1.82) is 0 Å². The van der Waals surface area contributed by atoms with Gasteiger partial charge >= 0.3 is 0 Å². The van der Waals surface area contributed by atoms with Crippen molar-refractivity contribution in [2.24, 2.45) is 0 Å². The second-order valence-electron chi connectivity index (χ2n) is 3.95. The van der Waals surface area contributed by atoms with Gasteiger partial charge in [-0.1, -0.05) is 0 Å². The Morgan fingerprint density at radius 2 is 1.77 bits per heavy atom. The van der Waals surface area contributed by atoms with E-state index in [0.29, 0.717) is 5.56 Å². The first-order chi connectivity index (χ1) is 5.82. The highest BCUT2D eigenvalue weighted by Crippen LogP contribution is 2.26. The molecule has 13 heavy (non-hydrogen) atoms. The van der Waals surface area contributed by atoms with E-state index in [0.717, 1.165) is 11.1 Å². The van der Waals surface area contributed by atoms with Crippen molar-refractivity contribution in [3.05, 3.63) is 34.6 Å². The zero-order valence-electron chi connectivity index (χ0n) is 8.48. The van der Waals surface area contributed by atoms with Crippen LogP contribution < -0.4 is 0 Å². The highest BCUT2D eigenvalue weighted by Gasteiger charge is 2.20. The SMILES string of the molecule is Cc1cc(F)cc(C(C)(C)O)c1C. The van der Waals surface area contributed by atoms with Gasteiger partial charge in [-0.3, -0.25) is 0 Å². The van der Waals surface area contributed by atoms with Crippen molar-refractivity contribution >= 4 is 0 Å². The third-order valence-corrected chi connectivity index (χ3v) is 2.29. The third-order valence-electron chi connectivity index (χ3n) is 2.29. The standard InChI is InChI=1S/C11H15FO/c1-7-5-9(12)6-10(8(7)2)11(3,4)13/h5-6,13H,1-4H3. The summed E-state index contributed by atoms with van der Waals surface area (Å²) in [6, 6.07) is 2.87. The monoisotopic (exact) mass is 182 g/mol. The molecule has 1 aromatic rings. The number of aliphatic hydroxyl groups is 1. The molecule has 0 saturated heterocycles. The van der Waals surface area contributed by atoms with Crippen molar-refractivity contribution in [2.75, 3.05) is 0 Å². The van der Waals surface area contributed by atoms with Gasteiger partial charge < -0.3 is 5.11 Å². The predicted octanol–water partition coefficient (Wildman–Crippen LogP) is 2.67. The van der Waals surface area contributed by atoms with Gasteiger partial charge in [0.15, 0.2) is 0 Å². The summed E-state index contributed by atoms with van der Waals surface area (Å²) < 4.78 is 13.0. The fraction of sp³-hybridized carbons (Fsp3) is 0.455. The second kappa shape index (κ2) is 3.11. The Morgan fingerprint density at radius 3 is 2.23 bits per heavy atom. The molecule has 0 atom stereocenters. The molecule has 72 valence electrons. The average Bonchev–Trinajstić information content (AvgIpc) is 1.94. The number of benzene rings is 1. The molecular formula is C11H15FO. The molecule has 0 spiro atoms. The van der Waals surface area contributed by atoms with Crippen LogP contribution in [0.15, 0.2) is 12.1 Å². The Kier molecular flexibility index (Phi) is 2.44. The first kappa shape index (κ1) is 10.2. The minimum absolute atomic E-state index is 0.291. The third kappa shape index (κ3) is 2.07. The van der Waals surface area contributed by atoms with E-state index in [-0.39, 0.29) is 5.82 Å². The Bertz CT molecular complexity index is 324. The summed E-state index contributed by atoms with van der Waals surface area (Å²) in [4.78, 5) is 0. The first-order valence-corrected chi connectivity index (χ1v) is 4.32. The van der Waals surface area contributed by atoms with Crippen LogP contribution in [0.1, 0.15) is 30.5 Å². The van der Waals surface area contributed by atoms with Crippen LogP contribution in [-0.4, -0.2) is 5.11 Å². The van der Waals surface area contributed by atoms with Gasteiger partial charge in [0.25, 0.3) is 0 Å². The van der Waals surface area contributed by atoms with Crippen molar-refractivity contribution in [3.63, 3.8) is 0 Å². The topological polar surface area (TPSA) is 20.2 Å². The Hall–Kier alpha value is -0.890. The van der Waals surface area contributed by atoms with Crippen LogP contribution in [-0.2, 0) is 5.60 Å². The van der Waals surface area contributed by atoms with E-state index in [9.17, 15) is 9.50 Å². The number of aryl methyl sites for hydroxylation is 1. The molecule has 0 bridgehead atoms. The van der Waals surface area contributed by atoms with Gasteiger partial charge in [-0.25, -0.2) is 4.39 Å². The average molecular weight is 182 g/mol. The van der Waals surface area contributed by atoms with Crippen molar-refractivity contribution < 1.29 is 9.50 Å². The molecule has 2 heteroatoms. The molecule has 0 unspecified atom stereocenters. The van der Waals surface area contributed by atoms with E-state index >= 15 is 0 Å². The highest BCUT2D eigenvalue weighted by atomic mass is 19.1. The van der Waals surface area contributed by atoms with Gasteiger partial charge in [0, 0.05) is 0 Å². The molecule has 1 aromatic carbocycles. The normalized spacial score (nSPS) is 11.8. The molecule has 0 amide bonds. The summed E-state index contributed by atoms with van der Waals surface area (Å²) in [6.07, 6.45) is 0. The fourth-order valence-corrected chi connectivity index (χ4v) is 1.45. The lowest BCUT2D eigenvalue weighted by Gasteiger charge is -2.21. The van der Waals surface area contributed by atoms with Crippen LogP contribution in [0.4, 0.5) is 4.39 Å². The molecule has 0 radical (unpaired) electrons. The summed E-state index contributed by atoms with van der Waals surface area (Å²) in [5.41, 5.74) is 1.51. The van der Waals surface area contributed by atoms with Gasteiger partial charge in [-0.05, 0) is 56.5 Å². The van der Waals surface area contributed by atoms with E-state index in [2.05, 4.69) is 0 Å². The summed E-state index contributed by atoms with van der Waals surface area (Å²) in [5, 5.41) is 9.75. The van der Waals surface area contributed by atoms with Gasteiger partial charge in [-0.2, -0.15) is 0 Å². The van der Waals surface area contributed by atoms with Crippen molar-refractivity contribution in [2.45, 2.75) is 33.3 Å². The van der Waals surface area contributed by atoms with Gasteiger partial charge in [0.2, 0.25) is 0 Å². The number of hydrogen-bond donors (Lipinski definition) is 1. The predicted molar refractivity (Wildman–Crippen MR) is 51.1 cm³/mol. The van der Waals surface area contributed by atoms with E-state index in [4.69, 9.17) is 0 Å². The lowest BCUT2D eigenvalue weighted by Crippen LogP contribution is -2.18. The molecule has 0 aromatic heterocycles. The lowest BCUT2D eigenvalue weighted by molar-refractivity contribution is 0.0775. The Balaban J connectivity index is 3.37. The molecule has 1 rings (SSSR count). The zero-order valence-corrected chi connectivity index (χ0v) is 8.48. The van der Waals surface area contributed by atoms with Crippen LogP contribution in [0.25, 0.3) is 0 Å². The minimum Gasteiger partial charge on any atom is -0.386 e. The summed E-state index contributed by atoms with van der Waals surface area (Å²) in [6.45, 7) is 7.05. The first-order valence-electron chi connectivity index (χ1n) is 4.32. The highest BCUT2D eigenvalue weighted by molar-refractivity contribution is 5.37. The summed E-state index contributed by atoms with van der Waals surface area (Å²) >= 11 is 0. The molecule has 0 fully saturated rings. The lowest BCUT2D eigenvalue weighted by atomic mass is 9.91. The molecular weight excluding hydrogens is 167 g/mol. The summed E-state index contributed by atoms with van der Waals surface area (Å²) in [7, 11) is 0. The molecule has 0 saturated carbocycles. The molecule has 1 N–H and O–H groups in total. The minimum atomic E-state index is -0.975. The van der Waals surface area contributed by atoms with Gasteiger partial charge in [0.05, 0.1) is 5.60 Å². The van der Waals surface area contributed by atoms with Crippen LogP contribution in [0.5, 0.6) is 0 Å². The van der Waals surface area contributed by atoms with E-state index in [1.54, 1.807) is 13.8 Å².